The number of imidazole rings is 1. The van der Waals surface area contributed by atoms with E-state index in [2.05, 4.69) is 49.2 Å². The molecule has 182 valence electrons. The third-order valence-corrected chi connectivity index (χ3v) is 6.85. The Kier molecular flexibility index (Phi) is 18.1. The summed E-state index contributed by atoms with van der Waals surface area (Å²) in [6.45, 7) is 10.5. The topological polar surface area (TPSA) is 8.81 Å². The summed E-state index contributed by atoms with van der Waals surface area (Å²) in [5, 5.41) is 0. The van der Waals surface area contributed by atoms with Crippen LogP contribution in [-0.2, 0) is 13.0 Å². The number of nitrogens with zero attached hydrogens (tertiary/aromatic N) is 2. The van der Waals surface area contributed by atoms with Crippen LogP contribution in [0.2, 0.25) is 0 Å². The summed E-state index contributed by atoms with van der Waals surface area (Å²) in [6.07, 6.45) is 32.8. The fourth-order valence-electron chi connectivity index (χ4n) is 4.78. The molecule has 0 radical (unpaired) electrons. The van der Waals surface area contributed by atoms with Crippen LogP contribution in [0.4, 0.5) is 0 Å². The van der Waals surface area contributed by atoms with Gasteiger partial charge in [-0.05, 0) is 33.1 Å². The van der Waals surface area contributed by atoms with Gasteiger partial charge in [-0.15, -0.1) is 0 Å². The largest absolute Gasteiger partial charge is 0.256 e. The predicted molar refractivity (Wildman–Crippen MR) is 138 cm³/mol. The second-order valence-electron chi connectivity index (χ2n) is 10.2. The Hall–Kier alpha value is -0.790. The zero-order valence-corrected chi connectivity index (χ0v) is 22.0. The average molecular weight is 434 g/mol. The second-order valence-corrected chi connectivity index (χ2v) is 10.2. The highest BCUT2D eigenvalue weighted by atomic mass is 15.2. The molecule has 0 aliphatic heterocycles. The van der Waals surface area contributed by atoms with Gasteiger partial charge in [-0.2, -0.15) is 0 Å². The summed E-state index contributed by atoms with van der Waals surface area (Å²) < 4.78 is 5.08. The van der Waals surface area contributed by atoms with Crippen LogP contribution >= 0.6 is 0 Å². The molecule has 2 heteroatoms. The van der Waals surface area contributed by atoms with Crippen molar-refractivity contribution >= 4 is 0 Å². The molecule has 31 heavy (non-hydrogen) atoms. The van der Waals surface area contributed by atoms with Crippen molar-refractivity contribution in [2.75, 3.05) is 0 Å². The molecule has 0 amide bonds. The van der Waals surface area contributed by atoms with Crippen molar-refractivity contribution in [2.24, 2.45) is 0 Å². The van der Waals surface area contributed by atoms with Crippen molar-refractivity contribution in [1.82, 2.24) is 4.57 Å². The van der Waals surface area contributed by atoms with Gasteiger partial charge >= 0.3 is 0 Å². The van der Waals surface area contributed by atoms with E-state index >= 15 is 0 Å². The first-order valence-electron chi connectivity index (χ1n) is 14.3. The normalized spacial score (nSPS) is 11.6. The lowest BCUT2D eigenvalue weighted by Crippen LogP contribution is -2.37. The van der Waals surface area contributed by atoms with E-state index in [9.17, 15) is 0 Å². The molecular formula is C29H57N2+. The SMILES string of the molecule is CCCCCCCCCCCCC[n+]1ccn(C(C)C)c1CCCCCCCCCC. The smallest absolute Gasteiger partial charge is 0.234 e. The van der Waals surface area contributed by atoms with E-state index in [1.165, 1.54) is 135 Å². The number of rotatable bonds is 22. The van der Waals surface area contributed by atoms with Crippen LogP contribution in [0.25, 0.3) is 0 Å². The summed E-state index contributed by atoms with van der Waals surface area (Å²) in [7, 11) is 0. The molecule has 1 aromatic rings. The van der Waals surface area contributed by atoms with Gasteiger partial charge in [0.25, 0.3) is 5.82 Å². The Balaban J connectivity index is 2.19. The number of hydrogen-bond donors (Lipinski definition) is 0. The molecule has 1 heterocycles. The first-order valence-corrected chi connectivity index (χ1v) is 14.3. The minimum atomic E-state index is 0.572. The fraction of sp³-hybridized carbons (Fsp3) is 0.897. The highest BCUT2D eigenvalue weighted by Crippen LogP contribution is 2.14. The van der Waals surface area contributed by atoms with Crippen LogP contribution in [0, 0.1) is 0 Å². The molecule has 0 unspecified atom stereocenters. The van der Waals surface area contributed by atoms with Gasteiger partial charge in [-0.3, -0.25) is 0 Å². The third-order valence-electron chi connectivity index (χ3n) is 6.85. The minimum absolute atomic E-state index is 0.572. The van der Waals surface area contributed by atoms with Gasteiger partial charge in [0.2, 0.25) is 0 Å². The van der Waals surface area contributed by atoms with Gasteiger partial charge in [0.15, 0.2) is 0 Å². The van der Waals surface area contributed by atoms with Crippen LogP contribution in [0.3, 0.4) is 0 Å². The third kappa shape index (κ3) is 14.1. The van der Waals surface area contributed by atoms with E-state index in [0.717, 1.165) is 0 Å². The number of hydrogen-bond acceptors (Lipinski definition) is 0. The Morgan fingerprint density at radius 3 is 1.48 bits per heavy atom. The summed E-state index contributed by atoms with van der Waals surface area (Å²) in [4.78, 5) is 0. The molecule has 0 fully saturated rings. The molecule has 0 aliphatic carbocycles. The first-order chi connectivity index (χ1) is 15.2. The zero-order chi connectivity index (χ0) is 22.6. The van der Waals surface area contributed by atoms with Gasteiger partial charge in [0.1, 0.15) is 12.4 Å². The van der Waals surface area contributed by atoms with E-state index < -0.39 is 0 Å². The number of aromatic nitrogens is 2. The highest BCUT2D eigenvalue weighted by molar-refractivity contribution is 4.86. The van der Waals surface area contributed by atoms with Crippen LogP contribution in [0.5, 0.6) is 0 Å². The average Bonchev–Trinajstić information content (AvgIpc) is 3.17. The first kappa shape index (κ1) is 28.2. The molecule has 0 spiro atoms. The van der Waals surface area contributed by atoms with Crippen LogP contribution in [0.15, 0.2) is 12.4 Å². The summed E-state index contributed by atoms with van der Waals surface area (Å²) in [5.41, 5.74) is 0. The van der Waals surface area contributed by atoms with Crippen LogP contribution < -0.4 is 4.57 Å². The lowest BCUT2D eigenvalue weighted by atomic mass is 10.1. The van der Waals surface area contributed by atoms with Crippen LogP contribution in [0.1, 0.15) is 162 Å². The standard InChI is InChI=1S/C29H57N2/c1-5-7-9-11-13-15-16-17-19-21-23-25-30-26-27-31(28(3)4)29(30)24-22-20-18-14-12-10-8-6-2/h26-28H,5-25H2,1-4H3/q+1. The molecule has 0 bridgehead atoms. The van der Waals surface area contributed by atoms with Gasteiger partial charge in [0, 0.05) is 6.42 Å². The van der Waals surface area contributed by atoms with Gasteiger partial charge in [-0.1, -0.05) is 117 Å². The predicted octanol–water partition coefficient (Wildman–Crippen LogP) is 9.35. The molecular weight excluding hydrogens is 376 g/mol. The van der Waals surface area contributed by atoms with E-state index in [4.69, 9.17) is 0 Å². The van der Waals surface area contributed by atoms with E-state index in [1.54, 1.807) is 5.82 Å². The van der Waals surface area contributed by atoms with Crippen molar-refractivity contribution in [3.63, 3.8) is 0 Å². The Morgan fingerprint density at radius 2 is 1.03 bits per heavy atom. The number of unbranched alkanes of at least 4 members (excludes halogenated alkanes) is 17. The fourth-order valence-corrected chi connectivity index (χ4v) is 4.78. The molecule has 0 saturated carbocycles. The molecule has 0 atom stereocenters. The maximum atomic E-state index is 2.56. The van der Waals surface area contributed by atoms with Crippen molar-refractivity contribution in [2.45, 2.75) is 169 Å². The Morgan fingerprint density at radius 1 is 0.613 bits per heavy atom. The maximum absolute atomic E-state index is 2.56. The molecule has 2 nitrogen and oxygen atoms in total. The summed E-state index contributed by atoms with van der Waals surface area (Å²) in [5.74, 6) is 1.56. The molecule has 1 rings (SSSR count). The molecule has 0 aromatic carbocycles. The Labute approximate surface area is 196 Å². The number of aryl methyl sites for hydroxylation is 1. The molecule has 1 aromatic heterocycles. The van der Waals surface area contributed by atoms with E-state index in [-0.39, 0.29) is 0 Å². The van der Waals surface area contributed by atoms with Gasteiger partial charge in [0.05, 0.1) is 12.6 Å². The summed E-state index contributed by atoms with van der Waals surface area (Å²) >= 11 is 0. The van der Waals surface area contributed by atoms with Crippen molar-refractivity contribution in [3.05, 3.63) is 18.2 Å². The van der Waals surface area contributed by atoms with Crippen LogP contribution in [-0.4, -0.2) is 4.57 Å². The highest BCUT2D eigenvalue weighted by Gasteiger charge is 2.18. The molecule has 0 N–H and O–H groups in total. The van der Waals surface area contributed by atoms with Crippen molar-refractivity contribution in [1.29, 1.82) is 0 Å². The quantitative estimate of drug-likeness (QED) is 0.127. The maximum Gasteiger partial charge on any atom is 0.256 e. The molecule has 0 aliphatic rings. The Bertz CT molecular complexity index is 503. The summed E-state index contributed by atoms with van der Waals surface area (Å²) in [6, 6.07) is 0.572. The zero-order valence-electron chi connectivity index (χ0n) is 22.0. The van der Waals surface area contributed by atoms with Gasteiger partial charge < -0.3 is 0 Å². The van der Waals surface area contributed by atoms with E-state index in [0.29, 0.717) is 6.04 Å². The minimum Gasteiger partial charge on any atom is -0.234 e. The van der Waals surface area contributed by atoms with Gasteiger partial charge in [-0.25, -0.2) is 9.13 Å². The molecule has 0 saturated heterocycles. The monoisotopic (exact) mass is 433 g/mol. The lowest BCUT2D eigenvalue weighted by Gasteiger charge is -2.08. The van der Waals surface area contributed by atoms with E-state index in [1.807, 2.05) is 0 Å². The van der Waals surface area contributed by atoms with Crippen molar-refractivity contribution in [3.8, 4) is 0 Å². The second kappa shape index (κ2) is 19.9. The van der Waals surface area contributed by atoms with Crippen molar-refractivity contribution < 1.29 is 4.57 Å². The lowest BCUT2D eigenvalue weighted by molar-refractivity contribution is -0.704.